The van der Waals surface area contributed by atoms with Crippen LogP contribution < -0.4 is 5.73 Å². The number of benzene rings is 1. The monoisotopic (exact) mass is 282 g/mol. The van der Waals surface area contributed by atoms with Gasteiger partial charge in [0.05, 0.1) is 22.4 Å². The van der Waals surface area contributed by atoms with Crippen molar-refractivity contribution in [2.45, 2.75) is 25.4 Å². The molecule has 1 atom stereocenters. The van der Waals surface area contributed by atoms with Crippen LogP contribution in [-0.4, -0.2) is 37.1 Å². The lowest BCUT2D eigenvalue weighted by molar-refractivity contribution is -0.000183. The third-order valence-corrected chi connectivity index (χ3v) is 3.78. The third kappa shape index (κ3) is 3.39. The first-order chi connectivity index (χ1) is 9.09. The summed E-state index contributed by atoms with van der Waals surface area (Å²) in [5.74, 6) is -0.119. The fraction of sp³-hybridized carbons (Fsp3) is 0.500. The molecule has 104 valence electrons. The number of halogens is 1. The molecule has 2 N–H and O–H groups in total. The summed E-state index contributed by atoms with van der Waals surface area (Å²) in [5, 5.41) is 0.323. The molecule has 0 radical (unpaired) electrons. The number of ether oxygens (including phenoxy) is 1. The van der Waals surface area contributed by atoms with Gasteiger partial charge in [-0.2, -0.15) is 0 Å². The van der Waals surface area contributed by atoms with Gasteiger partial charge < -0.3 is 15.4 Å². The number of anilines is 1. The van der Waals surface area contributed by atoms with Crippen molar-refractivity contribution in [1.82, 2.24) is 4.90 Å². The summed E-state index contributed by atoms with van der Waals surface area (Å²) in [5.41, 5.74) is 6.59. The van der Waals surface area contributed by atoms with Gasteiger partial charge in [0, 0.05) is 20.2 Å². The Balaban J connectivity index is 2.03. The number of nitrogens with zero attached hydrogens (tertiary/aromatic N) is 1. The maximum Gasteiger partial charge on any atom is 0.255 e. The Bertz CT molecular complexity index is 459. The molecule has 0 aliphatic carbocycles. The number of amides is 1. The standard InChI is InChI=1S/C14H19ClN2O2/c1-17(9-10-5-2-3-8-19-10)14(18)11-6-4-7-12(16)13(11)15/h4,6-7,10H,2-3,5,8-9,16H2,1H3. The second-order valence-electron chi connectivity index (χ2n) is 4.88. The number of carbonyl (C=O) groups is 1. The molecule has 19 heavy (non-hydrogen) atoms. The van der Waals surface area contributed by atoms with Crippen molar-refractivity contribution in [2.24, 2.45) is 0 Å². The molecule has 5 heteroatoms. The Morgan fingerprint density at radius 2 is 2.32 bits per heavy atom. The quantitative estimate of drug-likeness (QED) is 0.867. The molecule has 4 nitrogen and oxygen atoms in total. The minimum atomic E-state index is -0.119. The number of rotatable bonds is 3. The Kier molecular flexibility index (Phi) is 4.66. The first-order valence-corrected chi connectivity index (χ1v) is 6.88. The van der Waals surface area contributed by atoms with E-state index in [2.05, 4.69) is 0 Å². The minimum Gasteiger partial charge on any atom is -0.398 e. The zero-order chi connectivity index (χ0) is 13.8. The zero-order valence-electron chi connectivity index (χ0n) is 11.1. The maximum absolute atomic E-state index is 12.3. The first-order valence-electron chi connectivity index (χ1n) is 6.50. The molecule has 1 heterocycles. The summed E-state index contributed by atoms with van der Waals surface area (Å²) in [7, 11) is 1.76. The highest BCUT2D eigenvalue weighted by Crippen LogP contribution is 2.24. The highest BCUT2D eigenvalue weighted by molar-refractivity contribution is 6.36. The van der Waals surface area contributed by atoms with E-state index >= 15 is 0 Å². The summed E-state index contributed by atoms with van der Waals surface area (Å²) >= 11 is 6.07. The lowest BCUT2D eigenvalue weighted by atomic mass is 10.1. The van der Waals surface area contributed by atoms with E-state index in [1.165, 1.54) is 0 Å². The average molecular weight is 283 g/mol. The van der Waals surface area contributed by atoms with Gasteiger partial charge in [0.15, 0.2) is 0 Å². The van der Waals surface area contributed by atoms with Gasteiger partial charge in [-0.3, -0.25) is 4.79 Å². The van der Waals surface area contributed by atoms with E-state index in [0.717, 1.165) is 25.9 Å². The predicted octanol–water partition coefficient (Wildman–Crippen LogP) is 2.56. The number of hydrogen-bond acceptors (Lipinski definition) is 3. The van der Waals surface area contributed by atoms with E-state index < -0.39 is 0 Å². The van der Waals surface area contributed by atoms with Crippen LogP contribution in [0.15, 0.2) is 18.2 Å². The van der Waals surface area contributed by atoms with Crippen LogP contribution in [-0.2, 0) is 4.74 Å². The van der Waals surface area contributed by atoms with Crippen molar-refractivity contribution in [3.05, 3.63) is 28.8 Å². The van der Waals surface area contributed by atoms with Crippen LogP contribution in [0.5, 0.6) is 0 Å². The Morgan fingerprint density at radius 1 is 1.53 bits per heavy atom. The lowest BCUT2D eigenvalue weighted by Crippen LogP contribution is -2.37. The van der Waals surface area contributed by atoms with Crippen LogP contribution in [0.3, 0.4) is 0 Å². The molecule has 1 saturated heterocycles. The lowest BCUT2D eigenvalue weighted by Gasteiger charge is -2.27. The van der Waals surface area contributed by atoms with Gasteiger partial charge in [-0.05, 0) is 31.4 Å². The van der Waals surface area contributed by atoms with E-state index in [9.17, 15) is 4.79 Å². The molecule has 1 amide bonds. The van der Waals surface area contributed by atoms with Gasteiger partial charge in [0.2, 0.25) is 0 Å². The third-order valence-electron chi connectivity index (χ3n) is 3.36. The molecule has 0 bridgehead atoms. The molecule has 0 spiro atoms. The summed E-state index contributed by atoms with van der Waals surface area (Å²) in [6, 6.07) is 5.11. The highest BCUT2D eigenvalue weighted by atomic mass is 35.5. The van der Waals surface area contributed by atoms with Gasteiger partial charge in [0.25, 0.3) is 5.91 Å². The van der Waals surface area contributed by atoms with E-state index in [-0.39, 0.29) is 12.0 Å². The summed E-state index contributed by atoms with van der Waals surface area (Å²) in [4.78, 5) is 14.0. The molecular weight excluding hydrogens is 264 g/mol. The van der Waals surface area contributed by atoms with E-state index in [4.69, 9.17) is 22.1 Å². The largest absolute Gasteiger partial charge is 0.398 e. The Morgan fingerprint density at radius 3 is 3.00 bits per heavy atom. The molecule has 1 aromatic carbocycles. The Hall–Kier alpha value is -1.26. The topological polar surface area (TPSA) is 55.6 Å². The van der Waals surface area contributed by atoms with Crippen LogP contribution >= 0.6 is 11.6 Å². The van der Waals surface area contributed by atoms with Crippen molar-refractivity contribution in [3.63, 3.8) is 0 Å². The molecule has 1 aliphatic rings. The zero-order valence-corrected chi connectivity index (χ0v) is 11.8. The predicted molar refractivity (Wildman–Crippen MR) is 76.4 cm³/mol. The van der Waals surface area contributed by atoms with Gasteiger partial charge in [0.1, 0.15) is 0 Å². The number of nitrogens with two attached hydrogens (primary N) is 1. The Labute approximate surface area is 118 Å². The van der Waals surface area contributed by atoms with Gasteiger partial charge in [-0.1, -0.05) is 17.7 Å². The van der Waals surface area contributed by atoms with Crippen LogP contribution in [0, 0.1) is 0 Å². The fourth-order valence-corrected chi connectivity index (χ4v) is 2.47. The van der Waals surface area contributed by atoms with Crippen molar-refractivity contribution < 1.29 is 9.53 Å². The highest BCUT2D eigenvalue weighted by Gasteiger charge is 2.21. The second-order valence-corrected chi connectivity index (χ2v) is 5.26. The van der Waals surface area contributed by atoms with Crippen molar-refractivity contribution >= 4 is 23.2 Å². The molecule has 1 aliphatic heterocycles. The number of likely N-dealkylation sites (N-methyl/N-ethyl adjacent to an activating group) is 1. The molecular formula is C14H19ClN2O2. The average Bonchev–Trinajstić information content (AvgIpc) is 2.42. The van der Waals surface area contributed by atoms with E-state index in [0.29, 0.717) is 22.8 Å². The fourth-order valence-electron chi connectivity index (χ4n) is 2.26. The number of carbonyl (C=O) groups excluding carboxylic acids is 1. The summed E-state index contributed by atoms with van der Waals surface area (Å²) in [6.07, 6.45) is 3.39. The van der Waals surface area contributed by atoms with Gasteiger partial charge in [-0.15, -0.1) is 0 Å². The smallest absolute Gasteiger partial charge is 0.255 e. The number of hydrogen-bond donors (Lipinski definition) is 1. The van der Waals surface area contributed by atoms with E-state index in [1.54, 1.807) is 30.1 Å². The minimum absolute atomic E-state index is 0.119. The summed E-state index contributed by atoms with van der Waals surface area (Å²) < 4.78 is 5.64. The van der Waals surface area contributed by atoms with E-state index in [1.807, 2.05) is 0 Å². The second kappa shape index (κ2) is 6.26. The molecule has 1 aromatic rings. The molecule has 2 rings (SSSR count). The van der Waals surface area contributed by atoms with Crippen LogP contribution in [0.1, 0.15) is 29.6 Å². The molecule has 1 unspecified atom stereocenters. The van der Waals surface area contributed by atoms with Crippen LogP contribution in [0.2, 0.25) is 5.02 Å². The normalized spacial score (nSPS) is 19.2. The molecule has 1 fully saturated rings. The van der Waals surface area contributed by atoms with Gasteiger partial charge >= 0.3 is 0 Å². The number of nitrogen functional groups attached to an aromatic ring is 1. The van der Waals surface area contributed by atoms with Crippen LogP contribution in [0.25, 0.3) is 0 Å². The molecule has 0 saturated carbocycles. The van der Waals surface area contributed by atoms with Gasteiger partial charge in [-0.25, -0.2) is 0 Å². The maximum atomic E-state index is 12.3. The molecule has 0 aromatic heterocycles. The van der Waals surface area contributed by atoms with Crippen molar-refractivity contribution in [3.8, 4) is 0 Å². The SMILES string of the molecule is CN(CC1CCCCO1)C(=O)c1cccc(N)c1Cl. The first kappa shape index (κ1) is 14.2. The van der Waals surface area contributed by atoms with Crippen molar-refractivity contribution in [2.75, 3.05) is 25.9 Å². The van der Waals surface area contributed by atoms with Crippen LogP contribution in [0.4, 0.5) is 5.69 Å². The van der Waals surface area contributed by atoms with Crippen molar-refractivity contribution in [1.29, 1.82) is 0 Å². The summed E-state index contributed by atoms with van der Waals surface area (Å²) in [6.45, 7) is 1.37.